The van der Waals surface area contributed by atoms with Crippen molar-refractivity contribution in [2.75, 3.05) is 30.4 Å². The Labute approximate surface area is 146 Å². The number of methoxy groups -OCH3 is 1. The van der Waals surface area contributed by atoms with Crippen molar-refractivity contribution in [1.82, 2.24) is 4.98 Å². The minimum atomic E-state index is -0.406. The molecule has 2 aromatic rings. The average Bonchev–Trinajstić information content (AvgIpc) is 2.62. The standard InChI is InChI=1S/C18H22N4O3/c1-13-9-18(19-11-17(13)22(23)24)20-14-5-4-8-21(12-14)15-6-3-7-16(10-15)25-2/h3,6-7,9-11,14H,4-5,8,12H2,1-2H3,(H,19,20). The highest BCUT2D eigenvalue weighted by Gasteiger charge is 2.21. The van der Waals surface area contributed by atoms with Gasteiger partial charge in [0, 0.05) is 36.4 Å². The van der Waals surface area contributed by atoms with Gasteiger partial charge < -0.3 is 15.0 Å². The van der Waals surface area contributed by atoms with Crippen LogP contribution in [0.2, 0.25) is 0 Å². The highest BCUT2D eigenvalue weighted by atomic mass is 16.6. The smallest absolute Gasteiger partial charge is 0.290 e. The second kappa shape index (κ2) is 7.38. The summed E-state index contributed by atoms with van der Waals surface area (Å²) in [6.45, 7) is 3.58. The zero-order valence-corrected chi connectivity index (χ0v) is 14.4. The first-order valence-electron chi connectivity index (χ1n) is 8.33. The number of piperidine rings is 1. The van der Waals surface area contributed by atoms with Gasteiger partial charge in [0.25, 0.3) is 5.69 Å². The lowest BCUT2D eigenvalue weighted by Crippen LogP contribution is -2.42. The van der Waals surface area contributed by atoms with E-state index in [9.17, 15) is 10.1 Å². The molecular formula is C18H22N4O3. The first-order valence-corrected chi connectivity index (χ1v) is 8.33. The van der Waals surface area contributed by atoms with Gasteiger partial charge in [-0.1, -0.05) is 6.07 Å². The lowest BCUT2D eigenvalue weighted by Gasteiger charge is -2.35. The van der Waals surface area contributed by atoms with E-state index in [-0.39, 0.29) is 11.7 Å². The van der Waals surface area contributed by atoms with Crippen LogP contribution in [0.4, 0.5) is 17.2 Å². The number of ether oxygens (including phenoxy) is 1. The van der Waals surface area contributed by atoms with E-state index in [2.05, 4.69) is 21.3 Å². The Morgan fingerprint density at radius 3 is 2.96 bits per heavy atom. The van der Waals surface area contributed by atoms with Gasteiger partial charge in [0.05, 0.1) is 12.0 Å². The number of nitrogens with one attached hydrogen (secondary N) is 1. The normalized spacial score (nSPS) is 17.2. The molecule has 1 aliphatic rings. The number of anilines is 2. The van der Waals surface area contributed by atoms with Crippen LogP contribution in [0.15, 0.2) is 36.5 Å². The zero-order valence-electron chi connectivity index (χ0n) is 14.4. The van der Waals surface area contributed by atoms with Crippen molar-refractivity contribution in [3.8, 4) is 5.75 Å². The Hall–Kier alpha value is -2.83. The van der Waals surface area contributed by atoms with Crippen LogP contribution in [0, 0.1) is 17.0 Å². The molecule has 1 aromatic heterocycles. The molecule has 1 saturated heterocycles. The van der Waals surface area contributed by atoms with Crippen LogP contribution in [0.3, 0.4) is 0 Å². The summed E-state index contributed by atoms with van der Waals surface area (Å²) in [4.78, 5) is 17.0. The van der Waals surface area contributed by atoms with E-state index in [1.165, 1.54) is 6.20 Å². The maximum absolute atomic E-state index is 10.9. The van der Waals surface area contributed by atoms with E-state index in [4.69, 9.17) is 4.74 Å². The molecule has 1 unspecified atom stereocenters. The molecule has 0 aliphatic carbocycles. The Morgan fingerprint density at radius 2 is 2.24 bits per heavy atom. The van der Waals surface area contributed by atoms with Crippen LogP contribution >= 0.6 is 0 Å². The maximum Gasteiger partial charge on any atom is 0.290 e. The Kier molecular flexibility index (Phi) is 5.02. The van der Waals surface area contributed by atoms with Crippen molar-refractivity contribution in [3.63, 3.8) is 0 Å². The van der Waals surface area contributed by atoms with Gasteiger partial charge in [-0.05, 0) is 38.0 Å². The van der Waals surface area contributed by atoms with Gasteiger partial charge in [-0.3, -0.25) is 10.1 Å². The van der Waals surface area contributed by atoms with E-state index < -0.39 is 4.92 Å². The van der Waals surface area contributed by atoms with Gasteiger partial charge in [0.2, 0.25) is 0 Å². The van der Waals surface area contributed by atoms with E-state index in [1.807, 2.05) is 18.2 Å². The summed E-state index contributed by atoms with van der Waals surface area (Å²) < 4.78 is 5.30. The molecule has 1 atom stereocenters. The third-order valence-electron chi connectivity index (χ3n) is 4.47. The molecule has 0 bridgehead atoms. The van der Waals surface area contributed by atoms with Crippen LogP contribution in [0.1, 0.15) is 18.4 Å². The lowest BCUT2D eigenvalue weighted by atomic mass is 10.0. The van der Waals surface area contributed by atoms with E-state index in [0.717, 1.165) is 37.4 Å². The Bertz CT molecular complexity index is 766. The number of hydrogen-bond donors (Lipinski definition) is 1. The molecule has 0 amide bonds. The monoisotopic (exact) mass is 342 g/mol. The summed E-state index contributed by atoms with van der Waals surface area (Å²) in [6.07, 6.45) is 3.43. The fourth-order valence-electron chi connectivity index (χ4n) is 3.16. The molecule has 1 aromatic carbocycles. The minimum absolute atomic E-state index is 0.0483. The molecule has 1 aliphatic heterocycles. The predicted molar refractivity (Wildman–Crippen MR) is 97.5 cm³/mol. The van der Waals surface area contributed by atoms with E-state index >= 15 is 0 Å². The average molecular weight is 342 g/mol. The third-order valence-corrected chi connectivity index (χ3v) is 4.47. The van der Waals surface area contributed by atoms with Crippen LogP contribution in [-0.4, -0.2) is 36.1 Å². The quantitative estimate of drug-likeness (QED) is 0.663. The van der Waals surface area contributed by atoms with Gasteiger partial charge in [-0.15, -0.1) is 0 Å². The summed E-state index contributed by atoms with van der Waals surface area (Å²) in [5.74, 6) is 1.53. The molecule has 7 nitrogen and oxygen atoms in total. The molecule has 0 saturated carbocycles. The fourth-order valence-corrected chi connectivity index (χ4v) is 3.16. The highest BCUT2D eigenvalue weighted by Crippen LogP contribution is 2.26. The summed E-state index contributed by atoms with van der Waals surface area (Å²) in [7, 11) is 1.67. The first-order chi connectivity index (χ1) is 12.1. The SMILES string of the molecule is COc1cccc(N2CCCC(Nc3cc(C)c([N+](=O)[O-])cn3)C2)c1. The van der Waals surface area contributed by atoms with Gasteiger partial charge in [-0.25, -0.2) is 4.98 Å². The van der Waals surface area contributed by atoms with Crippen molar-refractivity contribution in [2.24, 2.45) is 0 Å². The number of nitro groups is 1. The van der Waals surface area contributed by atoms with Gasteiger partial charge in [0.15, 0.2) is 0 Å². The molecule has 1 fully saturated rings. The second-order valence-corrected chi connectivity index (χ2v) is 6.24. The summed E-state index contributed by atoms with van der Waals surface area (Å²) in [6, 6.07) is 10.0. The van der Waals surface area contributed by atoms with E-state index in [0.29, 0.717) is 11.4 Å². The topological polar surface area (TPSA) is 80.5 Å². The molecule has 3 rings (SSSR count). The van der Waals surface area contributed by atoms with Crippen molar-refractivity contribution < 1.29 is 9.66 Å². The lowest BCUT2D eigenvalue weighted by molar-refractivity contribution is -0.385. The Balaban J connectivity index is 1.69. The number of aromatic nitrogens is 1. The molecule has 2 heterocycles. The Morgan fingerprint density at radius 1 is 1.40 bits per heavy atom. The minimum Gasteiger partial charge on any atom is -0.497 e. The second-order valence-electron chi connectivity index (χ2n) is 6.24. The number of nitrogens with zero attached hydrogens (tertiary/aromatic N) is 3. The van der Waals surface area contributed by atoms with Crippen molar-refractivity contribution in [1.29, 1.82) is 0 Å². The van der Waals surface area contributed by atoms with Crippen LogP contribution in [0.25, 0.3) is 0 Å². The molecule has 132 valence electrons. The van der Waals surface area contributed by atoms with Crippen molar-refractivity contribution in [3.05, 3.63) is 52.2 Å². The first kappa shape index (κ1) is 17.0. The fraction of sp³-hybridized carbons (Fsp3) is 0.389. The summed E-state index contributed by atoms with van der Waals surface area (Å²) >= 11 is 0. The molecule has 0 spiro atoms. The maximum atomic E-state index is 10.9. The molecule has 0 radical (unpaired) electrons. The number of rotatable bonds is 5. The van der Waals surface area contributed by atoms with Crippen LogP contribution in [-0.2, 0) is 0 Å². The summed E-state index contributed by atoms with van der Waals surface area (Å²) in [5, 5.41) is 14.3. The number of benzene rings is 1. The molecule has 7 heteroatoms. The molecule has 1 N–H and O–H groups in total. The highest BCUT2D eigenvalue weighted by molar-refractivity contribution is 5.52. The van der Waals surface area contributed by atoms with E-state index in [1.54, 1.807) is 20.1 Å². The van der Waals surface area contributed by atoms with Gasteiger partial charge in [0.1, 0.15) is 17.8 Å². The van der Waals surface area contributed by atoms with Crippen LogP contribution < -0.4 is 15.0 Å². The molecule has 25 heavy (non-hydrogen) atoms. The molecular weight excluding hydrogens is 320 g/mol. The summed E-state index contributed by atoms with van der Waals surface area (Å²) in [5.41, 5.74) is 1.80. The van der Waals surface area contributed by atoms with Crippen LogP contribution in [0.5, 0.6) is 5.75 Å². The van der Waals surface area contributed by atoms with Gasteiger partial charge in [-0.2, -0.15) is 0 Å². The van der Waals surface area contributed by atoms with Gasteiger partial charge >= 0.3 is 0 Å². The number of aryl methyl sites for hydroxylation is 1. The van der Waals surface area contributed by atoms with Crippen molar-refractivity contribution in [2.45, 2.75) is 25.8 Å². The van der Waals surface area contributed by atoms with Crippen molar-refractivity contribution >= 4 is 17.2 Å². The third kappa shape index (κ3) is 3.99. The number of hydrogen-bond acceptors (Lipinski definition) is 6. The number of pyridine rings is 1. The predicted octanol–water partition coefficient (Wildman–Crippen LogP) is 3.39. The zero-order chi connectivity index (χ0) is 17.8. The largest absolute Gasteiger partial charge is 0.497 e.